The van der Waals surface area contributed by atoms with E-state index >= 15 is 0 Å². The van der Waals surface area contributed by atoms with Gasteiger partial charge in [0.05, 0.1) is 17.6 Å². The number of halogens is 7. The van der Waals surface area contributed by atoms with E-state index in [-0.39, 0.29) is 50.4 Å². The maximum absolute atomic E-state index is 13.7. The molecule has 1 aliphatic rings. The summed E-state index contributed by atoms with van der Waals surface area (Å²) in [4.78, 5) is 26.5. The number of carbonyl (C=O) groups is 1. The molecule has 1 N–H and O–H groups in total. The van der Waals surface area contributed by atoms with Gasteiger partial charge in [-0.3, -0.25) is 14.2 Å². The van der Waals surface area contributed by atoms with Gasteiger partial charge in [-0.05, 0) is 54.3 Å². The Morgan fingerprint density at radius 2 is 1.85 bits per heavy atom. The number of aromatic nitrogens is 3. The number of pyridine rings is 1. The van der Waals surface area contributed by atoms with Gasteiger partial charge < -0.3 is 10.1 Å². The van der Waals surface area contributed by atoms with Crippen LogP contribution in [0.2, 0.25) is 5.02 Å². The Morgan fingerprint density at radius 1 is 1.10 bits per heavy atom. The van der Waals surface area contributed by atoms with Gasteiger partial charge in [-0.2, -0.15) is 23.0 Å². The number of nitrogens with zero attached hydrogens (tertiary/aromatic N) is 3. The van der Waals surface area contributed by atoms with Crippen molar-refractivity contribution in [2.75, 3.05) is 11.9 Å². The molecule has 2 atom stereocenters. The highest BCUT2D eigenvalue weighted by Gasteiger charge is 2.41. The van der Waals surface area contributed by atoms with Crippen molar-refractivity contribution in [3.8, 4) is 16.9 Å². The van der Waals surface area contributed by atoms with Crippen LogP contribution in [0.3, 0.4) is 0 Å². The molecular formula is C27H21ClF6N4O3. The van der Waals surface area contributed by atoms with Crippen LogP contribution >= 0.6 is 11.6 Å². The van der Waals surface area contributed by atoms with E-state index in [0.29, 0.717) is 11.1 Å². The monoisotopic (exact) mass is 598 g/mol. The van der Waals surface area contributed by atoms with Gasteiger partial charge >= 0.3 is 12.5 Å². The molecule has 1 aliphatic heterocycles. The molecule has 0 saturated carbocycles. The summed E-state index contributed by atoms with van der Waals surface area (Å²) in [5, 5.41) is 6.42. The van der Waals surface area contributed by atoms with Gasteiger partial charge in [0.25, 0.3) is 5.56 Å². The fourth-order valence-corrected chi connectivity index (χ4v) is 4.94. The van der Waals surface area contributed by atoms with Crippen molar-refractivity contribution in [1.82, 2.24) is 14.3 Å². The van der Waals surface area contributed by atoms with Crippen molar-refractivity contribution < 1.29 is 35.9 Å². The highest BCUT2D eigenvalue weighted by Crippen LogP contribution is 2.40. The molecule has 7 nitrogen and oxygen atoms in total. The molecule has 0 bridgehead atoms. The highest BCUT2D eigenvalue weighted by molar-refractivity contribution is 6.30. The van der Waals surface area contributed by atoms with Gasteiger partial charge in [0.2, 0.25) is 5.91 Å². The summed E-state index contributed by atoms with van der Waals surface area (Å²) < 4.78 is 86.6. The molecular weight excluding hydrogens is 578 g/mol. The van der Waals surface area contributed by atoms with Crippen molar-refractivity contribution in [3.63, 3.8) is 0 Å². The summed E-state index contributed by atoms with van der Waals surface area (Å²) in [5.74, 6) is -2.52. The van der Waals surface area contributed by atoms with Crippen molar-refractivity contribution in [1.29, 1.82) is 0 Å². The predicted molar refractivity (Wildman–Crippen MR) is 139 cm³/mol. The molecule has 2 aromatic heterocycles. The summed E-state index contributed by atoms with van der Waals surface area (Å²) >= 11 is 6.13. The second-order valence-corrected chi connectivity index (χ2v) is 10.0. The minimum Gasteiger partial charge on any atom is -0.491 e. The molecule has 216 valence electrons. The maximum atomic E-state index is 13.7. The number of amides is 1. The van der Waals surface area contributed by atoms with Crippen molar-refractivity contribution >= 4 is 34.1 Å². The highest BCUT2D eigenvalue weighted by atomic mass is 35.5. The van der Waals surface area contributed by atoms with Gasteiger partial charge in [-0.25, -0.2) is 0 Å². The number of carbonyl (C=O) groups excluding carboxylic acids is 1. The first-order valence-corrected chi connectivity index (χ1v) is 12.7. The second kappa shape index (κ2) is 10.4. The van der Waals surface area contributed by atoms with E-state index in [1.165, 1.54) is 48.7 Å². The van der Waals surface area contributed by atoms with Crippen LogP contribution in [0.4, 0.5) is 32.0 Å². The predicted octanol–water partition coefficient (Wildman–Crippen LogP) is 6.70. The quantitative estimate of drug-likeness (QED) is 0.265. The number of rotatable bonds is 4. The lowest BCUT2D eigenvalue weighted by molar-refractivity contribution is -0.211. The average Bonchev–Trinajstić information content (AvgIpc) is 3.31. The van der Waals surface area contributed by atoms with E-state index in [1.807, 2.05) is 0 Å². The zero-order valence-electron chi connectivity index (χ0n) is 21.2. The van der Waals surface area contributed by atoms with Crippen LogP contribution in [0.15, 0.2) is 59.7 Å². The van der Waals surface area contributed by atoms with Gasteiger partial charge in [0.1, 0.15) is 18.4 Å². The third kappa shape index (κ3) is 5.76. The molecule has 1 amide bonds. The number of ether oxygens (including phenoxy) is 1. The summed E-state index contributed by atoms with van der Waals surface area (Å²) in [5.41, 5.74) is 0.500. The normalized spacial score (nSPS) is 16.2. The van der Waals surface area contributed by atoms with Crippen LogP contribution in [-0.4, -0.2) is 33.0 Å². The molecule has 0 saturated heterocycles. The molecule has 0 radical (unpaired) electrons. The zero-order valence-corrected chi connectivity index (χ0v) is 21.9. The Labute approximate surface area is 233 Å². The fraction of sp³-hybridized carbons (Fsp3) is 0.296. The van der Waals surface area contributed by atoms with E-state index in [1.54, 1.807) is 6.92 Å². The Bertz CT molecular complexity index is 1700. The lowest BCUT2D eigenvalue weighted by atomic mass is 9.91. The second-order valence-electron chi connectivity index (χ2n) is 9.58. The molecule has 3 heterocycles. The number of anilines is 1. The summed E-state index contributed by atoms with van der Waals surface area (Å²) in [6.07, 6.45) is -7.55. The summed E-state index contributed by atoms with van der Waals surface area (Å²) in [6, 6.07) is 8.46. The number of nitrogens with one attached hydrogen (secondary N) is 1. The van der Waals surface area contributed by atoms with Crippen LogP contribution in [0.25, 0.3) is 22.0 Å². The molecule has 41 heavy (non-hydrogen) atoms. The fourth-order valence-electron chi connectivity index (χ4n) is 4.77. The average molecular weight is 599 g/mol. The lowest BCUT2D eigenvalue weighted by Crippen LogP contribution is -2.34. The molecule has 0 spiro atoms. The van der Waals surface area contributed by atoms with Crippen LogP contribution in [0.5, 0.6) is 5.75 Å². The van der Waals surface area contributed by atoms with Gasteiger partial charge in [-0.15, -0.1) is 13.2 Å². The number of fused-ring (bicyclic) bond motifs is 4. The largest absolute Gasteiger partial charge is 0.504 e. The van der Waals surface area contributed by atoms with E-state index in [0.717, 1.165) is 10.8 Å². The van der Waals surface area contributed by atoms with E-state index in [2.05, 4.69) is 10.4 Å². The minimum absolute atomic E-state index is 0.0331. The summed E-state index contributed by atoms with van der Waals surface area (Å²) in [6.45, 7) is 0.922. The van der Waals surface area contributed by atoms with Gasteiger partial charge in [-0.1, -0.05) is 24.6 Å². The van der Waals surface area contributed by atoms with E-state index in [4.69, 9.17) is 16.3 Å². The van der Waals surface area contributed by atoms with Gasteiger partial charge in [0.15, 0.2) is 0 Å². The zero-order chi connectivity index (χ0) is 29.7. The Hall–Kier alpha value is -4.00. The topological polar surface area (TPSA) is 78.2 Å². The molecule has 14 heteroatoms. The Morgan fingerprint density at radius 3 is 2.54 bits per heavy atom. The third-order valence-electron chi connectivity index (χ3n) is 6.83. The maximum Gasteiger partial charge on any atom is 0.504 e. The Balaban J connectivity index is 1.49. The third-order valence-corrected chi connectivity index (χ3v) is 7.07. The number of hydrogen-bond donors (Lipinski definition) is 1. The lowest BCUT2D eigenvalue weighted by Gasteiger charge is -2.27. The molecule has 5 rings (SSSR count). The molecule has 0 unspecified atom stereocenters. The first-order valence-electron chi connectivity index (χ1n) is 12.4. The van der Waals surface area contributed by atoms with Crippen molar-refractivity contribution in [2.24, 2.45) is 5.92 Å². The standard InChI is InChI=1S/C27H21ClF6N4O3/c1-2-22(25(40)35-18-5-6-21-15(8-18)11-38(36-21)27(32,33)34)37-12-23-20(10-24(37)39)19-9-17(28)4-3-14(19)7-16(13-41-23)26(29,30)31/h3-6,8-12,16,22H,2,7,13H2,1H3,(H,35,40)/t16-,22+/m1/s1. The molecule has 4 aromatic rings. The van der Waals surface area contributed by atoms with Crippen LogP contribution in [0.1, 0.15) is 24.9 Å². The van der Waals surface area contributed by atoms with Crippen LogP contribution in [0, 0.1) is 5.92 Å². The number of hydrogen-bond acceptors (Lipinski definition) is 4. The van der Waals surface area contributed by atoms with E-state index in [9.17, 15) is 35.9 Å². The molecule has 0 aliphatic carbocycles. The molecule has 2 aromatic carbocycles. The van der Waals surface area contributed by atoms with Crippen LogP contribution in [-0.2, 0) is 17.5 Å². The van der Waals surface area contributed by atoms with E-state index < -0.39 is 42.5 Å². The van der Waals surface area contributed by atoms with Crippen LogP contribution < -0.4 is 15.6 Å². The number of benzene rings is 2. The smallest absolute Gasteiger partial charge is 0.491 e. The van der Waals surface area contributed by atoms with Crippen molar-refractivity contribution in [2.45, 2.75) is 38.3 Å². The number of alkyl halides is 6. The first-order chi connectivity index (χ1) is 19.2. The summed E-state index contributed by atoms with van der Waals surface area (Å²) in [7, 11) is 0. The molecule has 0 fully saturated rings. The first kappa shape index (κ1) is 28.5. The van der Waals surface area contributed by atoms with Crippen molar-refractivity contribution in [3.05, 3.63) is 75.8 Å². The van der Waals surface area contributed by atoms with Gasteiger partial charge in [0, 0.05) is 33.9 Å². The SMILES string of the molecule is CC[C@@H](C(=O)Nc1ccc2nn(C(F)(F)F)cc2c1)n1cc2c(cc1=O)-c1cc(Cl)ccc1C[C@@H](C(F)(F)F)CO2. The minimum atomic E-state index is -4.71. The Kier molecular flexibility index (Phi) is 7.26.